The van der Waals surface area contributed by atoms with Crippen LogP contribution in [-0.2, 0) is 6.54 Å². The molecule has 0 unspecified atom stereocenters. The van der Waals surface area contributed by atoms with Crippen molar-refractivity contribution >= 4 is 32.6 Å². The quantitative estimate of drug-likeness (QED) is 0.755. The normalized spacial score (nSPS) is 13.0. The van der Waals surface area contributed by atoms with E-state index in [2.05, 4.69) is 15.4 Å². The standard InChI is InChI=1S/C17H16N4O4S/c1-2-5-21-15(22)4-3-10(20-21)16(23)19-17-18-11-8-12-13(9-14(11)26-17)25-7-6-24-12/h3-4,8-9H,2,5-7H2,1H3,(H,18,19,23). The lowest BCUT2D eigenvalue weighted by Crippen LogP contribution is -2.26. The van der Waals surface area contributed by atoms with Crippen molar-refractivity contribution < 1.29 is 14.3 Å². The van der Waals surface area contributed by atoms with Gasteiger partial charge in [0.15, 0.2) is 16.6 Å². The van der Waals surface area contributed by atoms with E-state index in [-0.39, 0.29) is 11.3 Å². The molecule has 134 valence electrons. The van der Waals surface area contributed by atoms with Crippen molar-refractivity contribution in [3.8, 4) is 11.5 Å². The number of benzene rings is 1. The first-order valence-corrected chi connectivity index (χ1v) is 9.05. The summed E-state index contributed by atoms with van der Waals surface area (Å²) in [5.41, 5.74) is 0.663. The Balaban J connectivity index is 1.59. The summed E-state index contributed by atoms with van der Waals surface area (Å²) in [6, 6.07) is 6.42. The van der Waals surface area contributed by atoms with Crippen LogP contribution in [0.2, 0.25) is 0 Å². The van der Waals surface area contributed by atoms with Gasteiger partial charge < -0.3 is 9.47 Å². The van der Waals surface area contributed by atoms with Crippen molar-refractivity contribution in [3.63, 3.8) is 0 Å². The van der Waals surface area contributed by atoms with E-state index in [1.165, 1.54) is 28.2 Å². The molecule has 1 N–H and O–H groups in total. The molecular formula is C17H16N4O4S. The second-order valence-electron chi connectivity index (χ2n) is 5.72. The maximum absolute atomic E-state index is 12.4. The molecule has 3 heterocycles. The van der Waals surface area contributed by atoms with Crippen molar-refractivity contribution in [3.05, 3.63) is 40.3 Å². The van der Waals surface area contributed by atoms with Gasteiger partial charge in [0.25, 0.3) is 11.5 Å². The van der Waals surface area contributed by atoms with E-state index in [9.17, 15) is 9.59 Å². The molecule has 0 atom stereocenters. The van der Waals surface area contributed by atoms with Crippen LogP contribution in [0.1, 0.15) is 23.8 Å². The minimum Gasteiger partial charge on any atom is -0.486 e. The number of hydrogen-bond donors (Lipinski definition) is 1. The summed E-state index contributed by atoms with van der Waals surface area (Å²) < 4.78 is 13.3. The largest absolute Gasteiger partial charge is 0.486 e. The number of aryl methyl sites for hydroxylation is 1. The van der Waals surface area contributed by atoms with Gasteiger partial charge in [-0.1, -0.05) is 18.3 Å². The molecule has 0 saturated carbocycles. The van der Waals surface area contributed by atoms with Crippen LogP contribution in [0.5, 0.6) is 11.5 Å². The molecule has 0 spiro atoms. The number of anilines is 1. The zero-order chi connectivity index (χ0) is 18.1. The van der Waals surface area contributed by atoms with Crippen molar-refractivity contribution in [2.24, 2.45) is 0 Å². The van der Waals surface area contributed by atoms with E-state index in [1.54, 1.807) is 6.07 Å². The number of amides is 1. The molecule has 9 heteroatoms. The topological polar surface area (TPSA) is 95.3 Å². The van der Waals surface area contributed by atoms with Gasteiger partial charge in [-0.15, -0.1) is 0 Å². The Labute approximate surface area is 152 Å². The average Bonchev–Trinajstić information content (AvgIpc) is 3.02. The zero-order valence-electron chi connectivity index (χ0n) is 14.0. The number of carbonyl (C=O) groups is 1. The lowest BCUT2D eigenvalue weighted by molar-refractivity contribution is 0.102. The Hall–Kier alpha value is -2.94. The molecule has 0 radical (unpaired) electrons. The van der Waals surface area contributed by atoms with E-state index in [4.69, 9.17) is 9.47 Å². The predicted molar refractivity (Wildman–Crippen MR) is 97.4 cm³/mol. The average molecular weight is 372 g/mol. The number of fused-ring (bicyclic) bond motifs is 2. The van der Waals surface area contributed by atoms with Gasteiger partial charge in [0.05, 0.1) is 10.2 Å². The minimum atomic E-state index is -0.411. The molecule has 0 aliphatic carbocycles. The van der Waals surface area contributed by atoms with Crippen LogP contribution >= 0.6 is 11.3 Å². The number of carbonyl (C=O) groups excluding carboxylic acids is 1. The summed E-state index contributed by atoms with van der Waals surface area (Å²) in [5, 5.41) is 7.29. The van der Waals surface area contributed by atoms with Crippen molar-refractivity contribution in [1.82, 2.24) is 14.8 Å². The highest BCUT2D eigenvalue weighted by atomic mass is 32.1. The van der Waals surface area contributed by atoms with Gasteiger partial charge >= 0.3 is 0 Å². The fraction of sp³-hybridized carbons (Fsp3) is 0.294. The lowest BCUT2D eigenvalue weighted by Gasteiger charge is -2.17. The highest BCUT2D eigenvalue weighted by Crippen LogP contribution is 2.37. The van der Waals surface area contributed by atoms with Gasteiger partial charge in [0.2, 0.25) is 0 Å². The third-order valence-electron chi connectivity index (χ3n) is 3.81. The Kier molecular flexibility index (Phi) is 4.29. The SMILES string of the molecule is CCCn1nc(C(=O)Nc2nc3cc4c(cc3s2)OCCO4)ccc1=O. The maximum atomic E-state index is 12.4. The van der Waals surface area contributed by atoms with Crippen LogP contribution in [0.25, 0.3) is 10.2 Å². The Bertz CT molecular complexity index is 1000. The summed E-state index contributed by atoms with van der Waals surface area (Å²) >= 11 is 1.34. The Morgan fingerprint density at radius 2 is 2.04 bits per heavy atom. The number of thiazole rings is 1. The van der Waals surface area contributed by atoms with Crippen LogP contribution in [0.3, 0.4) is 0 Å². The van der Waals surface area contributed by atoms with Crippen molar-refractivity contribution in [1.29, 1.82) is 0 Å². The molecular weight excluding hydrogens is 356 g/mol. The molecule has 0 fully saturated rings. The lowest BCUT2D eigenvalue weighted by atomic mass is 10.3. The molecule has 1 aromatic carbocycles. The van der Waals surface area contributed by atoms with E-state index in [0.29, 0.717) is 36.4 Å². The Morgan fingerprint density at radius 3 is 2.81 bits per heavy atom. The second-order valence-corrected chi connectivity index (χ2v) is 6.75. The molecule has 26 heavy (non-hydrogen) atoms. The third-order valence-corrected chi connectivity index (χ3v) is 4.74. The highest BCUT2D eigenvalue weighted by Gasteiger charge is 2.17. The maximum Gasteiger partial charge on any atom is 0.277 e. The number of hydrogen-bond acceptors (Lipinski definition) is 7. The number of nitrogens with zero attached hydrogens (tertiary/aromatic N) is 3. The van der Waals surface area contributed by atoms with Crippen molar-refractivity contribution in [2.45, 2.75) is 19.9 Å². The van der Waals surface area contributed by atoms with Gasteiger partial charge in [0, 0.05) is 24.7 Å². The van der Waals surface area contributed by atoms with Gasteiger partial charge in [-0.2, -0.15) is 5.10 Å². The molecule has 1 amide bonds. The molecule has 2 aromatic heterocycles. The Morgan fingerprint density at radius 1 is 1.27 bits per heavy atom. The van der Waals surface area contributed by atoms with Gasteiger partial charge in [-0.3, -0.25) is 14.9 Å². The minimum absolute atomic E-state index is 0.170. The van der Waals surface area contributed by atoms with E-state index >= 15 is 0 Å². The monoisotopic (exact) mass is 372 g/mol. The molecule has 1 aliphatic heterocycles. The summed E-state index contributed by atoms with van der Waals surface area (Å²) in [5.74, 6) is 0.921. The van der Waals surface area contributed by atoms with E-state index < -0.39 is 5.91 Å². The van der Waals surface area contributed by atoms with E-state index in [0.717, 1.165) is 16.6 Å². The van der Waals surface area contributed by atoms with Crippen molar-refractivity contribution in [2.75, 3.05) is 18.5 Å². The first-order chi connectivity index (χ1) is 12.6. The summed E-state index contributed by atoms with van der Waals surface area (Å²) in [6.07, 6.45) is 0.755. The summed E-state index contributed by atoms with van der Waals surface area (Å²) in [6.45, 7) is 3.42. The zero-order valence-corrected chi connectivity index (χ0v) is 14.8. The molecule has 4 rings (SSSR count). The van der Waals surface area contributed by atoms with Crippen LogP contribution in [-0.4, -0.2) is 33.9 Å². The van der Waals surface area contributed by atoms with Gasteiger partial charge in [-0.25, -0.2) is 9.67 Å². The number of aromatic nitrogens is 3. The fourth-order valence-corrected chi connectivity index (χ4v) is 3.49. The molecule has 1 aliphatic rings. The van der Waals surface area contributed by atoms with Crippen LogP contribution in [0.15, 0.2) is 29.1 Å². The number of nitrogens with one attached hydrogen (secondary N) is 1. The third kappa shape index (κ3) is 3.13. The highest BCUT2D eigenvalue weighted by molar-refractivity contribution is 7.22. The first kappa shape index (κ1) is 16.5. The van der Waals surface area contributed by atoms with Crippen LogP contribution in [0.4, 0.5) is 5.13 Å². The fourth-order valence-electron chi connectivity index (χ4n) is 2.62. The van der Waals surface area contributed by atoms with Gasteiger partial charge in [-0.05, 0) is 12.5 Å². The first-order valence-electron chi connectivity index (χ1n) is 8.24. The molecule has 0 saturated heterocycles. The van der Waals surface area contributed by atoms with Crippen LogP contribution < -0.4 is 20.3 Å². The molecule has 8 nitrogen and oxygen atoms in total. The summed E-state index contributed by atoms with van der Waals surface area (Å²) in [7, 11) is 0. The smallest absolute Gasteiger partial charge is 0.277 e. The predicted octanol–water partition coefficient (Wildman–Crippen LogP) is 2.29. The second kappa shape index (κ2) is 6.75. The van der Waals surface area contributed by atoms with Crippen LogP contribution in [0, 0.1) is 0 Å². The number of rotatable bonds is 4. The molecule has 0 bridgehead atoms. The van der Waals surface area contributed by atoms with Gasteiger partial charge in [0.1, 0.15) is 18.9 Å². The van der Waals surface area contributed by atoms with E-state index in [1.807, 2.05) is 13.0 Å². The summed E-state index contributed by atoms with van der Waals surface area (Å²) in [4.78, 5) is 28.6. The number of ether oxygens (including phenoxy) is 2. The molecule has 3 aromatic rings.